The molecule has 1 aromatic carbocycles. The Bertz CT molecular complexity index is 890. The minimum absolute atomic E-state index is 0.0365. The number of rotatable bonds is 6. The Balaban J connectivity index is 1.73. The van der Waals surface area contributed by atoms with E-state index < -0.39 is 0 Å². The molecule has 0 radical (unpaired) electrons. The third-order valence-electron chi connectivity index (χ3n) is 3.91. The third-order valence-corrected chi connectivity index (χ3v) is 5.12. The molecule has 2 aromatic heterocycles. The van der Waals surface area contributed by atoms with Crippen LogP contribution in [-0.2, 0) is 13.5 Å². The predicted octanol–water partition coefficient (Wildman–Crippen LogP) is 3.80. The van der Waals surface area contributed by atoms with Gasteiger partial charge in [-0.2, -0.15) is 0 Å². The molecule has 0 amide bonds. The second-order valence-electron chi connectivity index (χ2n) is 5.99. The highest BCUT2D eigenvalue weighted by atomic mass is 32.2. The summed E-state index contributed by atoms with van der Waals surface area (Å²) in [6.07, 6.45) is 2.05. The second-order valence-corrected chi connectivity index (χ2v) is 7.30. The number of ketones is 1. The fourth-order valence-electron chi connectivity index (χ4n) is 2.54. The number of nitrogens with zero attached hydrogens (tertiary/aromatic N) is 4. The monoisotopic (exact) mass is 352 g/mol. The van der Waals surface area contributed by atoms with E-state index in [-0.39, 0.29) is 11.0 Å². The third kappa shape index (κ3) is 4.33. The van der Waals surface area contributed by atoms with Crippen molar-refractivity contribution in [2.24, 2.45) is 7.05 Å². The summed E-state index contributed by atoms with van der Waals surface area (Å²) in [5.41, 5.74) is 3.53. The number of thioether (sulfide) groups is 1. The molecule has 3 aromatic rings. The summed E-state index contributed by atoms with van der Waals surface area (Å²) in [5.74, 6) is 0.0365. The topological polar surface area (TPSA) is 60.7 Å². The molecule has 0 bridgehead atoms. The maximum absolute atomic E-state index is 12.5. The lowest BCUT2D eigenvalue weighted by atomic mass is 10.0. The summed E-state index contributed by atoms with van der Waals surface area (Å²) in [7, 11) is 1.93. The van der Waals surface area contributed by atoms with Crippen molar-refractivity contribution in [1.29, 1.82) is 0 Å². The van der Waals surface area contributed by atoms with Gasteiger partial charge < -0.3 is 4.57 Å². The predicted molar refractivity (Wildman–Crippen MR) is 98.7 cm³/mol. The summed E-state index contributed by atoms with van der Waals surface area (Å²) in [6.45, 7) is 4.02. The van der Waals surface area contributed by atoms with Crippen molar-refractivity contribution in [2.45, 2.75) is 30.7 Å². The number of carbonyl (C=O) groups is 1. The van der Waals surface area contributed by atoms with Crippen LogP contribution in [0.3, 0.4) is 0 Å². The smallest absolute Gasteiger partial charge is 0.191 e. The number of hydrogen-bond acceptors (Lipinski definition) is 5. The molecule has 25 heavy (non-hydrogen) atoms. The van der Waals surface area contributed by atoms with Crippen LogP contribution in [-0.4, -0.2) is 25.5 Å². The van der Waals surface area contributed by atoms with Gasteiger partial charge in [-0.05, 0) is 37.1 Å². The van der Waals surface area contributed by atoms with Crippen LogP contribution in [0, 0.1) is 6.92 Å². The van der Waals surface area contributed by atoms with Crippen molar-refractivity contribution >= 4 is 17.5 Å². The van der Waals surface area contributed by atoms with E-state index in [0.29, 0.717) is 12.1 Å². The van der Waals surface area contributed by atoms with Gasteiger partial charge in [0, 0.05) is 24.4 Å². The zero-order valence-corrected chi connectivity index (χ0v) is 15.3. The maximum atomic E-state index is 12.5. The van der Waals surface area contributed by atoms with Crippen LogP contribution in [0.15, 0.2) is 53.9 Å². The first-order valence-electron chi connectivity index (χ1n) is 8.09. The van der Waals surface area contributed by atoms with Crippen LogP contribution >= 0.6 is 11.8 Å². The van der Waals surface area contributed by atoms with Crippen LogP contribution in [0.25, 0.3) is 0 Å². The average Bonchev–Trinajstić information content (AvgIpc) is 3.00. The lowest BCUT2D eigenvalue weighted by Gasteiger charge is -2.12. The molecule has 2 heterocycles. The molecule has 5 nitrogen and oxygen atoms in total. The molecule has 0 aliphatic carbocycles. The minimum atomic E-state index is 0.0365. The Hall–Kier alpha value is -2.47. The number of aryl methyl sites for hydroxylation is 2. The van der Waals surface area contributed by atoms with Crippen LogP contribution in [0.1, 0.15) is 39.5 Å². The van der Waals surface area contributed by atoms with Gasteiger partial charge in [0.05, 0.1) is 0 Å². The summed E-state index contributed by atoms with van der Waals surface area (Å²) in [5, 5.41) is 9.11. The number of carbonyl (C=O) groups excluding carboxylic acids is 1. The van der Waals surface area contributed by atoms with E-state index in [9.17, 15) is 4.79 Å². The van der Waals surface area contributed by atoms with Gasteiger partial charge in [-0.1, -0.05) is 42.1 Å². The van der Waals surface area contributed by atoms with E-state index in [4.69, 9.17) is 0 Å². The van der Waals surface area contributed by atoms with Gasteiger partial charge >= 0.3 is 0 Å². The fourth-order valence-corrected chi connectivity index (χ4v) is 3.44. The number of aromatic nitrogens is 4. The molecule has 128 valence electrons. The second kappa shape index (κ2) is 7.61. The highest BCUT2D eigenvalue weighted by Gasteiger charge is 2.13. The van der Waals surface area contributed by atoms with Gasteiger partial charge in [-0.3, -0.25) is 9.78 Å². The van der Waals surface area contributed by atoms with E-state index in [1.165, 1.54) is 0 Å². The van der Waals surface area contributed by atoms with Gasteiger partial charge in [-0.25, -0.2) is 0 Å². The van der Waals surface area contributed by atoms with E-state index in [2.05, 4.69) is 34.2 Å². The van der Waals surface area contributed by atoms with Crippen LogP contribution in [0.4, 0.5) is 0 Å². The summed E-state index contributed by atoms with van der Waals surface area (Å²) < 4.78 is 1.90. The van der Waals surface area contributed by atoms with Gasteiger partial charge in [-0.15, -0.1) is 10.2 Å². The first-order valence-corrected chi connectivity index (χ1v) is 8.97. The Labute approximate surface area is 151 Å². The van der Waals surface area contributed by atoms with E-state index >= 15 is 0 Å². The first-order chi connectivity index (χ1) is 12.0. The minimum Gasteiger partial charge on any atom is -0.312 e. The summed E-state index contributed by atoms with van der Waals surface area (Å²) in [6, 6.07) is 13.7. The average molecular weight is 352 g/mol. The van der Waals surface area contributed by atoms with Gasteiger partial charge in [0.15, 0.2) is 10.9 Å². The lowest BCUT2D eigenvalue weighted by molar-refractivity contribution is 0.0988. The molecule has 0 saturated carbocycles. The molecule has 3 rings (SSSR count). The number of hydrogen-bond donors (Lipinski definition) is 0. The van der Waals surface area contributed by atoms with Crippen LogP contribution in [0.5, 0.6) is 0 Å². The summed E-state index contributed by atoms with van der Waals surface area (Å²) in [4.78, 5) is 16.8. The summed E-state index contributed by atoms with van der Waals surface area (Å²) >= 11 is 1.65. The molecule has 0 spiro atoms. The maximum Gasteiger partial charge on any atom is 0.191 e. The standard InChI is InChI=1S/C19H20N4OS/c1-13-6-4-9-17(21-13)18(24)11-15-7-5-8-16(10-15)14(2)25-19-22-20-12-23(19)3/h4-10,12,14H,11H2,1-3H3/t14-/m0/s1. The molecule has 0 aliphatic heterocycles. The Morgan fingerprint density at radius 3 is 2.76 bits per heavy atom. The Morgan fingerprint density at radius 1 is 1.24 bits per heavy atom. The van der Waals surface area contributed by atoms with E-state index in [1.807, 2.05) is 42.8 Å². The van der Waals surface area contributed by atoms with Crippen molar-refractivity contribution in [3.05, 3.63) is 71.3 Å². The van der Waals surface area contributed by atoms with Crippen molar-refractivity contribution in [3.63, 3.8) is 0 Å². The molecular formula is C19H20N4OS. The number of benzene rings is 1. The molecule has 0 aliphatic rings. The quantitative estimate of drug-likeness (QED) is 0.499. The van der Waals surface area contributed by atoms with Crippen molar-refractivity contribution in [1.82, 2.24) is 19.7 Å². The Morgan fingerprint density at radius 2 is 2.04 bits per heavy atom. The van der Waals surface area contributed by atoms with Gasteiger partial charge in [0.2, 0.25) is 0 Å². The molecule has 0 saturated heterocycles. The zero-order valence-electron chi connectivity index (χ0n) is 14.5. The Kier molecular flexibility index (Phi) is 5.28. The molecule has 0 fully saturated rings. The number of pyridine rings is 1. The normalized spacial score (nSPS) is 12.1. The van der Waals surface area contributed by atoms with Gasteiger partial charge in [0.25, 0.3) is 0 Å². The van der Waals surface area contributed by atoms with Crippen LogP contribution < -0.4 is 0 Å². The van der Waals surface area contributed by atoms with Crippen molar-refractivity contribution < 1.29 is 4.79 Å². The van der Waals surface area contributed by atoms with Crippen molar-refractivity contribution in [2.75, 3.05) is 0 Å². The lowest BCUT2D eigenvalue weighted by Crippen LogP contribution is -2.07. The van der Waals surface area contributed by atoms with E-state index in [0.717, 1.165) is 22.0 Å². The molecule has 0 N–H and O–H groups in total. The largest absolute Gasteiger partial charge is 0.312 e. The van der Waals surface area contributed by atoms with Crippen LogP contribution in [0.2, 0.25) is 0 Å². The number of Topliss-reactive ketones (excluding diaryl/α,β-unsaturated/α-hetero) is 1. The highest BCUT2D eigenvalue weighted by Crippen LogP contribution is 2.33. The van der Waals surface area contributed by atoms with Gasteiger partial charge in [0.1, 0.15) is 12.0 Å². The molecule has 1 atom stereocenters. The molecule has 0 unspecified atom stereocenters. The van der Waals surface area contributed by atoms with Crippen molar-refractivity contribution in [3.8, 4) is 0 Å². The highest BCUT2D eigenvalue weighted by molar-refractivity contribution is 7.99. The fraction of sp³-hybridized carbons (Fsp3) is 0.263. The zero-order chi connectivity index (χ0) is 17.8. The molecular weight excluding hydrogens is 332 g/mol. The SMILES string of the molecule is Cc1cccc(C(=O)Cc2cccc([C@H](C)Sc3nncn3C)c2)n1. The molecule has 6 heteroatoms. The first kappa shape index (κ1) is 17.4. The van der Waals surface area contributed by atoms with E-state index in [1.54, 1.807) is 24.2 Å².